The predicted octanol–water partition coefficient (Wildman–Crippen LogP) is 6.22. The van der Waals surface area contributed by atoms with E-state index < -0.39 is 0 Å². The first-order valence-electron chi connectivity index (χ1n) is 14.1. The summed E-state index contributed by atoms with van der Waals surface area (Å²) in [6.45, 7) is 13.0. The van der Waals surface area contributed by atoms with Gasteiger partial charge in [-0.15, -0.1) is 0 Å². The van der Waals surface area contributed by atoms with Crippen molar-refractivity contribution >= 4 is 22.8 Å². The molecule has 0 spiro atoms. The van der Waals surface area contributed by atoms with E-state index in [1.165, 1.54) is 0 Å². The monoisotopic (exact) mass is 488 g/mol. The summed E-state index contributed by atoms with van der Waals surface area (Å²) >= 11 is 0. The summed E-state index contributed by atoms with van der Waals surface area (Å²) in [5.74, 6) is -0.272. The molecule has 0 amide bonds. The van der Waals surface area contributed by atoms with Crippen LogP contribution in [-0.4, -0.2) is 42.2 Å². The van der Waals surface area contributed by atoms with Crippen molar-refractivity contribution in [2.24, 2.45) is 0 Å². The van der Waals surface area contributed by atoms with Crippen molar-refractivity contribution in [1.29, 1.82) is 0 Å². The number of benzene rings is 1. The van der Waals surface area contributed by atoms with E-state index in [0.29, 0.717) is 11.1 Å². The van der Waals surface area contributed by atoms with Gasteiger partial charge in [-0.25, -0.2) is 4.58 Å². The fourth-order valence-electron chi connectivity index (χ4n) is 4.73. The smallest absolute Gasteiger partial charge is 0.199 e. The number of allylic oxidation sites excluding steroid dienone is 7. The van der Waals surface area contributed by atoms with Crippen LogP contribution >= 0.6 is 0 Å². The molecule has 0 saturated heterocycles. The van der Waals surface area contributed by atoms with Crippen molar-refractivity contribution in [3.63, 3.8) is 0 Å². The maximum absolute atomic E-state index is 13.1. The van der Waals surface area contributed by atoms with Gasteiger partial charge in [0, 0.05) is 54.9 Å². The van der Waals surface area contributed by atoms with Gasteiger partial charge in [0.2, 0.25) is 0 Å². The summed E-state index contributed by atoms with van der Waals surface area (Å²) < 4.78 is 2.41. The number of anilines is 1. The van der Waals surface area contributed by atoms with Crippen molar-refractivity contribution in [3.8, 4) is 0 Å². The SMILES string of the molecule is CCCCN(CCCC)c1ccc(C2=C([O-])C(=C3C=CC(=[N+](CCCC)CCCC)C=C3)C2=O)cc1. The Hall–Kier alpha value is -2.88. The van der Waals surface area contributed by atoms with E-state index in [-0.39, 0.29) is 11.5 Å². The lowest BCUT2D eigenvalue weighted by Gasteiger charge is -2.32. The van der Waals surface area contributed by atoms with Gasteiger partial charge in [-0.2, -0.15) is 0 Å². The first-order valence-corrected chi connectivity index (χ1v) is 14.1. The maximum atomic E-state index is 13.1. The minimum Gasteiger partial charge on any atom is -0.871 e. The van der Waals surface area contributed by atoms with Crippen molar-refractivity contribution in [2.45, 2.75) is 79.1 Å². The van der Waals surface area contributed by atoms with Gasteiger partial charge in [0.05, 0.1) is 0 Å². The highest BCUT2D eigenvalue weighted by atomic mass is 16.3. The van der Waals surface area contributed by atoms with Crippen LogP contribution in [0.1, 0.15) is 84.6 Å². The minimum atomic E-state index is -0.136. The Labute approximate surface area is 218 Å². The van der Waals surface area contributed by atoms with Crippen molar-refractivity contribution in [3.05, 3.63) is 71.0 Å². The number of unbranched alkanes of at least 4 members (excludes halogenated alkanes) is 4. The number of nitrogens with zero attached hydrogens (tertiary/aromatic N) is 2. The zero-order chi connectivity index (χ0) is 25.9. The average Bonchev–Trinajstić information content (AvgIpc) is 2.90. The zero-order valence-corrected chi connectivity index (χ0v) is 22.8. The first-order chi connectivity index (χ1) is 17.5. The molecule has 0 N–H and O–H groups in total. The zero-order valence-electron chi connectivity index (χ0n) is 22.8. The van der Waals surface area contributed by atoms with Gasteiger partial charge in [0.15, 0.2) is 11.5 Å². The molecule has 0 unspecified atom stereocenters. The Bertz CT molecular complexity index is 1020. The highest BCUT2D eigenvalue weighted by Gasteiger charge is 2.30. The normalized spacial score (nSPS) is 15.1. The Balaban J connectivity index is 1.79. The molecule has 0 bridgehead atoms. The number of hydrogen-bond acceptors (Lipinski definition) is 3. The van der Waals surface area contributed by atoms with Crippen LogP contribution in [0.3, 0.4) is 0 Å². The van der Waals surface area contributed by atoms with E-state index in [1.807, 2.05) is 24.3 Å². The number of Topliss-reactive ketones (excluding diaryl/α,β-unsaturated/α-hetero) is 1. The van der Waals surface area contributed by atoms with Crippen LogP contribution in [0, 0.1) is 0 Å². The van der Waals surface area contributed by atoms with Crippen molar-refractivity contribution in [1.82, 2.24) is 0 Å². The molecule has 1 aromatic carbocycles. The Kier molecular flexibility index (Phi) is 10.8. The van der Waals surface area contributed by atoms with Crippen LogP contribution in [0.5, 0.6) is 0 Å². The third kappa shape index (κ3) is 6.66. The highest BCUT2D eigenvalue weighted by Crippen LogP contribution is 2.37. The van der Waals surface area contributed by atoms with E-state index >= 15 is 0 Å². The molecule has 0 aliphatic heterocycles. The number of rotatable bonds is 14. The lowest BCUT2D eigenvalue weighted by Crippen LogP contribution is -2.30. The third-order valence-corrected chi connectivity index (χ3v) is 7.08. The average molecular weight is 489 g/mol. The largest absolute Gasteiger partial charge is 0.871 e. The molecule has 1 aromatic rings. The van der Waals surface area contributed by atoms with Gasteiger partial charge in [0.1, 0.15) is 13.1 Å². The molecule has 0 radical (unpaired) electrons. The summed E-state index contributed by atoms with van der Waals surface area (Å²) in [6.07, 6.45) is 17.3. The lowest BCUT2D eigenvalue weighted by molar-refractivity contribution is -0.527. The van der Waals surface area contributed by atoms with Crippen LogP contribution in [0.25, 0.3) is 5.57 Å². The summed E-state index contributed by atoms with van der Waals surface area (Å²) in [6, 6.07) is 7.99. The molecule has 0 saturated carbocycles. The predicted molar refractivity (Wildman–Crippen MR) is 151 cm³/mol. The van der Waals surface area contributed by atoms with Crippen LogP contribution in [0.15, 0.2) is 65.5 Å². The van der Waals surface area contributed by atoms with E-state index in [0.717, 1.165) is 100 Å². The number of ketones is 1. The topological polar surface area (TPSA) is 46.4 Å². The van der Waals surface area contributed by atoms with Gasteiger partial charge in [0.25, 0.3) is 0 Å². The fraction of sp³-hybridized carbons (Fsp3) is 0.500. The minimum absolute atomic E-state index is 0.136. The first kappa shape index (κ1) is 27.7. The molecule has 194 valence electrons. The van der Waals surface area contributed by atoms with E-state index in [9.17, 15) is 9.90 Å². The second-order valence-electron chi connectivity index (χ2n) is 9.89. The van der Waals surface area contributed by atoms with Gasteiger partial charge < -0.3 is 10.0 Å². The molecule has 0 atom stereocenters. The molecule has 2 aliphatic carbocycles. The standard InChI is InChI=1S/C32H44N2O2/c1-5-9-21-33(22-10-6-2)27-17-13-25(14-18-27)29-31(35)30(32(29)36)26-15-19-28(20-16-26)34(23-11-7-3)24-12-8-4/h13-20H,5-12,21-24H2,1-4H3. The van der Waals surface area contributed by atoms with Gasteiger partial charge in [-0.3, -0.25) is 4.79 Å². The molecule has 0 aromatic heterocycles. The van der Waals surface area contributed by atoms with E-state index in [2.05, 4.69) is 61.5 Å². The summed E-state index contributed by atoms with van der Waals surface area (Å²) in [5, 5.41) is 13.1. The lowest BCUT2D eigenvalue weighted by atomic mass is 9.80. The number of carbonyl (C=O) groups is 1. The summed E-state index contributed by atoms with van der Waals surface area (Å²) in [7, 11) is 0. The second-order valence-corrected chi connectivity index (χ2v) is 9.89. The van der Waals surface area contributed by atoms with Crippen molar-refractivity contribution in [2.75, 3.05) is 31.1 Å². The van der Waals surface area contributed by atoms with Crippen LogP contribution in [0.2, 0.25) is 0 Å². The summed E-state index contributed by atoms with van der Waals surface area (Å²) in [4.78, 5) is 15.5. The number of hydrogen-bond donors (Lipinski definition) is 0. The Morgan fingerprint density at radius 3 is 1.72 bits per heavy atom. The van der Waals surface area contributed by atoms with Crippen molar-refractivity contribution < 1.29 is 14.5 Å². The maximum Gasteiger partial charge on any atom is 0.199 e. The highest BCUT2D eigenvalue weighted by molar-refractivity contribution is 6.39. The van der Waals surface area contributed by atoms with Crippen LogP contribution < -0.4 is 10.0 Å². The fourth-order valence-corrected chi connectivity index (χ4v) is 4.73. The second kappa shape index (κ2) is 14.0. The quantitative estimate of drug-likeness (QED) is 0.231. The molecule has 36 heavy (non-hydrogen) atoms. The molecule has 3 rings (SSSR count). The van der Waals surface area contributed by atoms with Crippen LogP contribution in [-0.2, 0) is 4.79 Å². The molecule has 4 nitrogen and oxygen atoms in total. The molecular weight excluding hydrogens is 444 g/mol. The Morgan fingerprint density at radius 2 is 1.25 bits per heavy atom. The van der Waals surface area contributed by atoms with E-state index in [4.69, 9.17) is 0 Å². The Morgan fingerprint density at radius 1 is 0.722 bits per heavy atom. The van der Waals surface area contributed by atoms with Gasteiger partial charge >= 0.3 is 0 Å². The molecule has 0 fully saturated rings. The van der Waals surface area contributed by atoms with Gasteiger partial charge in [-0.1, -0.05) is 71.3 Å². The molecule has 0 heterocycles. The van der Waals surface area contributed by atoms with Crippen LogP contribution in [0.4, 0.5) is 5.69 Å². The summed E-state index contributed by atoms with van der Waals surface area (Å²) in [5.41, 5.74) is 4.42. The van der Waals surface area contributed by atoms with Gasteiger partial charge in [-0.05, 0) is 48.3 Å². The number of carbonyl (C=O) groups excluding carboxylic acids is 1. The third-order valence-electron chi connectivity index (χ3n) is 7.08. The molecule has 2 aliphatic rings. The molecule has 4 heteroatoms. The molecular formula is C32H44N2O2. The van der Waals surface area contributed by atoms with E-state index in [1.54, 1.807) is 0 Å².